The summed E-state index contributed by atoms with van der Waals surface area (Å²) in [6.45, 7) is 3.29. The van der Waals surface area contributed by atoms with Gasteiger partial charge in [0.15, 0.2) is 46.0 Å². The number of carbonyl (C=O) groups excluding carboxylic acids is 2. The van der Waals surface area contributed by atoms with E-state index in [-0.39, 0.29) is 36.9 Å². The van der Waals surface area contributed by atoms with Gasteiger partial charge < -0.3 is 47.4 Å². The largest absolute Gasteiger partial charge is 0.493 e. The van der Waals surface area contributed by atoms with Gasteiger partial charge >= 0.3 is 11.9 Å². The minimum atomic E-state index is -0.234. The molecule has 14 heteroatoms. The zero-order valence-corrected chi connectivity index (χ0v) is 39.3. The molecule has 0 fully saturated rings. The number of esters is 2. The molecule has 2 aliphatic rings. The lowest BCUT2D eigenvalue weighted by Crippen LogP contribution is -2.38. The van der Waals surface area contributed by atoms with E-state index >= 15 is 0 Å². The molecule has 0 aliphatic carbocycles. The average Bonchev–Trinajstić information content (AvgIpc) is 3.34. The summed E-state index contributed by atoms with van der Waals surface area (Å²) in [5.74, 6) is 4.96. The third-order valence-electron chi connectivity index (χ3n) is 12.5. The zero-order valence-electron chi connectivity index (χ0n) is 39.3. The summed E-state index contributed by atoms with van der Waals surface area (Å²) in [5.41, 5.74) is 6.86. The maximum absolute atomic E-state index is 13.0. The number of methoxy groups -OCH3 is 8. The summed E-state index contributed by atoms with van der Waals surface area (Å²) in [5, 5.41) is 0. The summed E-state index contributed by atoms with van der Waals surface area (Å²) < 4.78 is 56.1. The van der Waals surface area contributed by atoms with Crippen molar-refractivity contribution in [2.24, 2.45) is 0 Å². The number of hydrogen-bond acceptors (Lipinski definition) is 14. The fourth-order valence-electron chi connectivity index (χ4n) is 9.00. The van der Waals surface area contributed by atoms with Gasteiger partial charge in [0.1, 0.15) is 0 Å². The molecule has 14 nitrogen and oxygen atoms in total. The second kappa shape index (κ2) is 23.9. The van der Waals surface area contributed by atoms with Crippen LogP contribution in [0.25, 0.3) is 0 Å². The van der Waals surface area contributed by atoms with Crippen molar-refractivity contribution in [3.8, 4) is 46.0 Å². The second-order valence-electron chi connectivity index (χ2n) is 16.2. The Kier molecular flexibility index (Phi) is 17.9. The van der Waals surface area contributed by atoms with E-state index < -0.39 is 0 Å². The number of unbranched alkanes of at least 4 members (excludes halogenated alkanes) is 2. The molecule has 2 aliphatic heterocycles. The number of carbonyl (C=O) groups is 2. The lowest BCUT2D eigenvalue weighted by Gasteiger charge is -2.38. The van der Waals surface area contributed by atoms with E-state index in [1.54, 1.807) is 56.9 Å². The SMILES string of the molecule is COc1ccc(CC2c3cc(OC)c(OC)cc3CCN2CCC(=O)OCCCCCOC(=O)CCN2CCc3cc(OC)c(OC)cc3[C@H]2Cc2ccc(OC)c(OC)c2)cc1OC. The van der Waals surface area contributed by atoms with Crippen molar-refractivity contribution in [2.75, 3.05) is 96.3 Å². The molecule has 6 rings (SSSR count). The van der Waals surface area contributed by atoms with Crippen molar-refractivity contribution in [1.29, 1.82) is 0 Å². The molecule has 65 heavy (non-hydrogen) atoms. The minimum Gasteiger partial charge on any atom is -0.493 e. The van der Waals surface area contributed by atoms with Crippen LogP contribution in [-0.2, 0) is 44.7 Å². The molecule has 0 N–H and O–H groups in total. The zero-order chi connectivity index (χ0) is 46.3. The first-order valence-electron chi connectivity index (χ1n) is 22.4. The van der Waals surface area contributed by atoms with Crippen molar-refractivity contribution < 1.29 is 57.0 Å². The van der Waals surface area contributed by atoms with Crippen molar-refractivity contribution in [1.82, 2.24) is 9.80 Å². The third-order valence-corrected chi connectivity index (χ3v) is 12.5. The van der Waals surface area contributed by atoms with E-state index in [0.29, 0.717) is 98.0 Å². The fourth-order valence-corrected chi connectivity index (χ4v) is 9.00. The van der Waals surface area contributed by atoms with Gasteiger partial charge in [-0.05, 0) is 127 Å². The first-order valence-corrected chi connectivity index (χ1v) is 22.4. The fraction of sp³-hybridized carbons (Fsp3) is 0.490. The minimum absolute atomic E-state index is 0.0112. The molecule has 1 unspecified atom stereocenters. The van der Waals surface area contributed by atoms with E-state index in [4.69, 9.17) is 47.4 Å². The molecule has 0 aromatic heterocycles. The second-order valence-corrected chi connectivity index (χ2v) is 16.2. The summed E-state index contributed by atoms with van der Waals surface area (Å²) in [6, 6.07) is 20.2. The van der Waals surface area contributed by atoms with Crippen LogP contribution in [0.4, 0.5) is 0 Å². The van der Waals surface area contributed by atoms with Crippen LogP contribution in [0.3, 0.4) is 0 Å². The molecule has 0 spiro atoms. The standard InChI is InChI=1S/C51H66N2O12/c1-56-42-14-12-34(28-44(42)58-3)26-40-38-32-48(62-7)46(60-5)30-36(38)16-20-52(40)22-18-50(54)64-24-10-9-11-25-65-51(55)19-23-53-21-17-37-31-47(61-6)49(63-8)33-39(37)41(53)27-35-13-15-43(57-2)45(29-35)59-4/h12-15,28-33,40-41H,9-11,16-27H2,1-8H3/t40-,41?/m1/s1. The molecule has 0 radical (unpaired) electrons. The molecular formula is C51H66N2O12. The van der Waals surface area contributed by atoms with Gasteiger partial charge in [0, 0.05) is 38.3 Å². The van der Waals surface area contributed by atoms with Crippen LogP contribution < -0.4 is 37.9 Å². The van der Waals surface area contributed by atoms with Crippen molar-refractivity contribution in [3.05, 3.63) is 94.0 Å². The van der Waals surface area contributed by atoms with Gasteiger partial charge in [0.05, 0.1) is 82.9 Å². The maximum atomic E-state index is 13.0. The molecule has 2 heterocycles. The first kappa shape index (κ1) is 48.6. The lowest BCUT2D eigenvalue weighted by atomic mass is 9.88. The van der Waals surface area contributed by atoms with Crippen molar-refractivity contribution in [3.63, 3.8) is 0 Å². The molecule has 352 valence electrons. The number of fused-ring (bicyclic) bond motifs is 2. The molecule has 4 aromatic rings. The smallest absolute Gasteiger partial charge is 0.307 e. The maximum Gasteiger partial charge on any atom is 0.307 e. The Morgan fingerprint density at radius 1 is 0.462 bits per heavy atom. The first-order chi connectivity index (χ1) is 31.7. The van der Waals surface area contributed by atoms with Crippen LogP contribution in [0, 0.1) is 0 Å². The molecule has 0 amide bonds. The Hall–Kier alpha value is -5.86. The average molecular weight is 899 g/mol. The van der Waals surface area contributed by atoms with Crippen LogP contribution >= 0.6 is 0 Å². The highest BCUT2D eigenvalue weighted by atomic mass is 16.5. The summed E-state index contributed by atoms with van der Waals surface area (Å²) >= 11 is 0. The normalized spacial score (nSPS) is 15.8. The van der Waals surface area contributed by atoms with E-state index in [1.165, 1.54) is 11.1 Å². The number of benzene rings is 4. The predicted molar refractivity (Wildman–Crippen MR) is 247 cm³/mol. The van der Waals surface area contributed by atoms with Gasteiger partial charge in [-0.1, -0.05) is 12.1 Å². The van der Waals surface area contributed by atoms with Crippen LogP contribution in [0.5, 0.6) is 46.0 Å². The Morgan fingerprint density at radius 2 is 0.815 bits per heavy atom. The molecule has 0 bridgehead atoms. The van der Waals surface area contributed by atoms with Gasteiger partial charge in [-0.25, -0.2) is 0 Å². The van der Waals surface area contributed by atoms with Gasteiger partial charge in [0.25, 0.3) is 0 Å². The topological polar surface area (TPSA) is 133 Å². The van der Waals surface area contributed by atoms with Crippen molar-refractivity contribution >= 4 is 11.9 Å². The van der Waals surface area contributed by atoms with Gasteiger partial charge in [-0.2, -0.15) is 0 Å². The highest BCUT2D eigenvalue weighted by molar-refractivity contribution is 5.70. The molecule has 2 atom stereocenters. The van der Waals surface area contributed by atoms with E-state index in [9.17, 15) is 9.59 Å². The number of rotatable bonds is 24. The number of nitrogens with zero attached hydrogens (tertiary/aromatic N) is 2. The Bertz CT molecular complexity index is 2060. The van der Waals surface area contributed by atoms with Crippen molar-refractivity contribution in [2.45, 2.75) is 69.9 Å². The van der Waals surface area contributed by atoms with E-state index in [0.717, 1.165) is 54.6 Å². The molecular weight excluding hydrogens is 833 g/mol. The summed E-state index contributed by atoms with van der Waals surface area (Å²) in [4.78, 5) is 30.7. The van der Waals surface area contributed by atoms with Gasteiger partial charge in [-0.15, -0.1) is 0 Å². The van der Waals surface area contributed by atoms with Crippen LogP contribution in [0.2, 0.25) is 0 Å². The van der Waals surface area contributed by atoms with Gasteiger partial charge in [-0.3, -0.25) is 19.4 Å². The highest BCUT2D eigenvalue weighted by Crippen LogP contribution is 2.42. The molecule has 0 saturated carbocycles. The van der Waals surface area contributed by atoms with Crippen LogP contribution in [0.15, 0.2) is 60.7 Å². The molecule has 0 saturated heterocycles. The van der Waals surface area contributed by atoms with Gasteiger partial charge in [0.2, 0.25) is 0 Å². The molecule has 4 aromatic carbocycles. The van der Waals surface area contributed by atoms with Crippen LogP contribution in [-0.4, -0.2) is 118 Å². The van der Waals surface area contributed by atoms with E-state index in [1.807, 2.05) is 36.4 Å². The Balaban J connectivity index is 0.957. The Labute approximate surface area is 383 Å². The summed E-state index contributed by atoms with van der Waals surface area (Å²) in [6.07, 6.45) is 5.69. The van der Waals surface area contributed by atoms with E-state index in [2.05, 4.69) is 34.1 Å². The number of hydrogen-bond donors (Lipinski definition) is 0. The monoisotopic (exact) mass is 898 g/mol. The van der Waals surface area contributed by atoms with Crippen LogP contribution in [0.1, 0.15) is 77.6 Å². The summed E-state index contributed by atoms with van der Waals surface area (Å²) in [7, 11) is 13.1. The lowest BCUT2D eigenvalue weighted by molar-refractivity contribution is -0.144. The third kappa shape index (κ3) is 12.3. The quantitative estimate of drug-likeness (QED) is 0.0501. The number of ether oxygens (including phenoxy) is 10. The predicted octanol–water partition coefficient (Wildman–Crippen LogP) is 7.78. The Morgan fingerprint density at radius 3 is 1.18 bits per heavy atom. The highest BCUT2D eigenvalue weighted by Gasteiger charge is 2.32.